The van der Waals surface area contributed by atoms with Gasteiger partial charge in [-0.05, 0) is 42.6 Å². The molecule has 1 rings (SSSR count). The number of hydrogen-bond acceptors (Lipinski definition) is 2. The van der Waals surface area contributed by atoms with Gasteiger partial charge >= 0.3 is 0 Å². The first kappa shape index (κ1) is 13.7. The summed E-state index contributed by atoms with van der Waals surface area (Å²) in [5.74, 6) is 0. The van der Waals surface area contributed by atoms with Gasteiger partial charge in [-0.3, -0.25) is 4.68 Å². The third kappa shape index (κ3) is 3.08. The lowest BCUT2D eigenvalue weighted by Gasteiger charge is -2.23. The van der Waals surface area contributed by atoms with Crippen LogP contribution in [0, 0.1) is 0 Å². The Labute approximate surface area is 106 Å². The van der Waals surface area contributed by atoms with Crippen molar-refractivity contribution >= 4 is 15.9 Å². The molecule has 0 saturated heterocycles. The molecule has 3 nitrogen and oxygen atoms in total. The van der Waals surface area contributed by atoms with E-state index in [1.807, 2.05) is 11.7 Å². The first-order valence-corrected chi connectivity index (χ1v) is 6.54. The second-order valence-electron chi connectivity index (χ2n) is 4.59. The molecular formula is C12H21BrN2O. The average molecular weight is 289 g/mol. The molecule has 0 aliphatic heterocycles. The molecule has 1 heterocycles. The molecular weight excluding hydrogens is 268 g/mol. The zero-order valence-electron chi connectivity index (χ0n) is 10.8. The van der Waals surface area contributed by atoms with E-state index in [1.54, 1.807) is 0 Å². The number of nitrogens with zero attached hydrogens (tertiary/aromatic N) is 2. The maximum atomic E-state index is 5.89. The van der Waals surface area contributed by atoms with Gasteiger partial charge in [0.2, 0.25) is 0 Å². The third-order valence-corrected chi connectivity index (χ3v) is 3.87. The molecule has 4 heteroatoms. The summed E-state index contributed by atoms with van der Waals surface area (Å²) in [5.41, 5.74) is 2.13. The van der Waals surface area contributed by atoms with Crippen molar-refractivity contribution in [1.82, 2.24) is 9.78 Å². The van der Waals surface area contributed by atoms with Crippen molar-refractivity contribution in [1.29, 1.82) is 0 Å². The second-order valence-corrected chi connectivity index (χ2v) is 5.38. The standard InChI is InChI=1S/C12H21BrN2O/c1-6-9-11(13)10(15(5)14-9)8-16-12(3,4)7-2/h6-8H2,1-5H3. The van der Waals surface area contributed by atoms with Crippen LogP contribution in [0.3, 0.4) is 0 Å². The summed E-state index contributed by atoms with van der Waals surface area (Å²) in [6.07, 6.45) is 1.94. The van der Waals surface area contributed by atoms with Gasteiger partial charge in [-0.2, -0.15) is 5.10 Å². The molecule has 0 spiro atoms. The SMILES string of the molecule is CCc1nn(C)c(COC(C)(C)CC)c1Br. The van der Waals surface area contributed by atoms with Gasteiger partial charge in [-0.25, -0.2) is 0 Å². The van der Waals surface area contributed by atoms with Crippen LogP contribution < -0.4 is 0 Å². The van der Waals surface area contributed by atoms with E-state index in [9.17, 15) is 0 Å². The molecule has 0 amide bonds. The van der Waals surface area contributed by atoms with E-state index >= 15 is 0 Å². The number of hydrogen-bond donors (Lipinski definition) is 0. The zero-order valence-corrected chi connectivity index (χ0v) is 12.4. The fourth-order valence-corrected chi connectivity index (χ4v) is 2.07. The van der Waals surface area contributed by atoms with Crippen LogP contribution in [0.5, 0.6) is 0 Å². The van der Waals surface area contributed by atoms with Gasteiger partial charge in [-0.15, -0.1) is 0 Å². The summed E-state index contributed by atoms with van der Waals surface area (Å²) >= 11 is 3.59. The molecule has 16 heavy (non-hydrogen) atoms. The molecule has 92 valence electrons. The molecule has 0 N–H and O–H groups in total. The summed E-state index contributed by atoms with van der Waals surface area (Å²) < 4.78 is 8.88. The highest BCUT2D eigenvalue weighted by Gasteiger charge is 2.19. The lowest BCUT2D eigenvalue weighted by Crippen LogP contribution is -2.23. The number of ether oxygens (including phenoxy) is 1. The van der Waals surface area contributed by atoms with E-state index < -0.39 is 0 Å². The third-order valence-electron chi connectivity index (χ3n) is 2.95. The van der Waals surface area contributed by atoms with Gasteiger partial charge in [0, 0.05) is 7.05 Å². The fraction of sp³-hybridized carbons (Fsp3) is 0.750. The molecule has 0 aliphatic carbocycles. The summed E-state index contributed by atoms with van der Waals surface area (Å²) in [6.45, 7) is 9.06. The number of halogens is 1. The Bertz CT molecular complexity index is 358. The first-order chi connectivity index (χ1) is 7.41. The van der Waals surface area contributed by atoms with Crippen molar-refractivity contribution in [2.75, 3.05) is 0 Å². The Kier molecular flexibility index (Phi) is 4.56. The number of aromatic nitrogens is 2. The lowest BCUT2D eigenvalue weighted by molar-refractivity contribution is -0.0343. The highest BCUT2D eigenvalue weighted by molar-refractivity contribution is 9.10. The van der Waals surface area contributed by atoms with Crippen molar-refractivity contribution < 1.29 is 4.74 Å². The van der Waals surface area contributed by atoms with E-state index in [0.717, 1.165) is 28.7 Å². The minimum absolute atomic E-state index is 0.0733. The Hall–Kier alpha value is -0.350. The molecule has 1 aromatic heterocycles. The van der Waals surface area contributed by atoms with Gasteiger partial charge < -0.3 is 4.74 Å². The van der Waals surface area contributed by atoms with Gasteiger partial charge in [0.15, 0.2) is 0 Å². The monoisotopic (exact) mass is 288 g/mol. The quantitative estimate of drug-likeness (QED) is 0.830. The van der Waals surface area contributed by atoms with Gasteiger partial charge in [0.05, 0.1) is 28.1 Å². The van der Waals surface area contributed by atoms with E-state index in [4.69, 9.17) is 4.74 Å². The van der Waals surface area contributed by atoms with E-state index in [-0.39, 0.29) is 5.60 Å². The van der Waals surface area contributed by atoms with Gasteiger partial charge in [0.1, 0.15) is 0 Å². The summed E-state index contributed by atoms with van der Waals surface area (Å²) in [7, 11) is 1.96. The minimum Gasteiger partial charge on any atom is -0.369 e. The fourth-order valence-electron chi connectivity index (χ4n) is 1.34. The smallest absolute Gasteiger partial charge is 0.0903 e. The predicted octanol–water partition coefficient (Wildman–Crippen LogP) is 3.45. The van der Waals surface area contributed by atoms with E-state index in [0.29, 0.717) is 6.61 Å². The molecule has 0 radical (unpaired) electrons. The van der Waals surface area contributed by atoms with Crippen molar-refractivity contribution in [3.05, 3.63) is 15.9 Å². The Morgan fingerprint density at radius 3 is 2.44 bits per heavy atom. The first-order valence-electron chi connectivity index (χ1n) is 5.75. The Morgan fingerprint density at radius 1 is 1.38 bits per heavy atom. The maximum Gasteiger partial charge on any atom is 0.0903 e. The van der Waals surface area contributed by atoms with Crippen LogP contribution in [0.4, 0.5) is 0 Å². The Balaban J connectivity index is 2.78. The summed E-state index contributed by atoms with van der Waals surface area (Å²) in [4.78, 5) is 0. The minimum atomic E-state index is -0.0733. The molecule has 0 saturated carbocycles. The molecule has 0 aliphatic rings. The summed E-state index contributed by atoms with van der Waals surface area (Å²) in [5, 5.41) is 4.44. The van der Waals surface area contributed by atoms with Crippen molar-refractivity contribution in [3.8, 4) is 0 Å². The van der Waals surface area contributed by atoms with E-state index in [2.05, 4.69) is 48.7 Å². The summed E-state index contributed by atoms with van der Waals surface area (Å²) in [6, 6.07) is 0. The van der Waals surface area contributed by atoms with Crippen LogP contribution in [-0.2, 0) is 24.8 Å². The van der Waals surface area contributed by atoms with Crippen LogP contribution in [-0.4, -0.2) is 15.4 Å². The van der Waals surface area contributed by atoms with Crippen LogP contribution >= 0.6 is 15.9 Å². The molecule has 0 fully saturated rings. The highest BCUT2D eigenvalue weighted by Crippen LogP contribution is 2.24. The molecule has 0 aromatic carbocycles. The second kappa shape index (κ2) is 5.32. The van der Waals surface area contributed by atoms with Crippen LogP contribution in [0.2, 0.25) is 0 Å². The molecule has 0 unspecified atom stereocenters. The van der Waals surface area contributed by atoms with Crippen LogP contribution in [0.25, 0.3) is 0 Å². The molecule has 0 bridgehead atoms. The van der Waals surface area contributed by atoms with Crippen molar-refractivity contribution in [2.24, 2.45) is 7.05 Å². The predicted molar refractivity (Wildman–Crippen MR) is 69.4 cm³/mol. The maximum absolute atomic E-state index is 5.89. The topological polar surface area (TPSA) is 27.1 Å². The Morgan fingerprint density at radius 2 is 2.00 bits per heavy atom. The molecule has 1 aromatic rings. The van der Waals surface area contributed by atoms with Crippen LogP contribution in [0.15, 0.2) is 4.47 Å². The van der Waals surface area contributed by atoms with Gasteiger partial charge in [-0.1, -0.05) is 13.8 Å². The number of aryl methyl sites for hydroxylation is 2. The zero-order chi connectivity index (χ0) is 12.3. The van der Waals surface area contributed by atoms with Crippen LogP contribution in [0.1, 0.15) is 45.5 Å². The normalized spacial score (nSPS) is 12.1. The number of rotatable bonds is 5. The van der Waals surface area contributed by atoms with Crippen molar-refractivity contribution in [2.45, 2.75) is 52.7 Å². The van der Waals surface area contributed by atoms with Crippen molar-refractivity contribution in [3.63, 3.8) is 0 Å². The lowest BCUT2D eigenvalue weighted by atomic mass is 10.1. The highest BCUT2D eigenvalue weighted by atomic mass is 79.9. The largest absolute Gasteiger partial charge is 0.369 e. The van der Waals surface area contributed by atoms with Gasteiger partial charge in [0.25, 0.3) is 0 Å². The average Bonchev–Trinajstić information content (AvgIpc) is 2.51. The van der Waals surface area contributed by atoms with E-state index in [1.165, 1.54) is 0 Å². The molecule has 0 atom stereocenters.